The highest BCUT2D eigenvalue weighted by Crippen LogP contribution is 2.48. The molecule has 0 aromatic heterocycles. The minimum Gasteiger partial charge on any atom is -0.493 e. The molecule has 0 saturated carbocycles. The van der Waals surface area contributed by atoms with Crippen molar-refractivity contribution in [2.45, 2.75) is 31.7 Å². The molecule has 7 heteroatoms. The molecule has 0 fully saturated rings. The van der Waals surface area contributed by atoms with Crippen LogP contribution in [-0.2, 0) is 5.54 Å². The number of hydrogen-bond acceptors (Lipinski definition) is 3. The van der Waals surface area contributed by atoms with Gasteiger partial charge in [0.05, 0.1) is 12.3 Å². The third kappa shape index (κ3) is 2.74. The standard InChI is InChI=1S/C20H19F2N3O2/c1-12-10-16(22)13(6-7-15(12)21)17-11-20(25(24-17)19(23)26)8-9-27-18-5-3-2-4-14(18)20/h2-5,7,10H,6,8-9,11H2,1H3,(H2,23,26). The van der Waals surface area contributed by atoms with Crippen molar-refractivity contribution in [1.82, 2.24) is 5.01 Å². The van der Waals surface area contributed by atoms with Crippen molar-refractivity contribution in [3.05, 3.63) is 64.8 Å². The number of primary amides is 1. The van der Waals surface area contributed by atoms with Gasteiger partial charge in [0, 0.05) is 24.0 Å². The number of para-hydroxylation sites is 1. The van der Waals surface area contributed by atoms with Crippen molar-refractivity contribution in [2.75, 3.05) is 6.61 Å². The van der Waals surface area contributed by atoms with Gasteiger partial charge < -0.3 is 10.5 Å². The first-order valence-electron chi connectivity index (χ1n) is 8.75. The van der Waals surface area contributed by atoms with E-state index in [1.54, 1.807) is 0 Å². The normalized spacial score (nSPS) is 24.7. The Hall–Kier alpha value is -2.96. The van der Waals surface area contributed by atoms with Crippen LogP contribution in [0.5, 0.6) is 5.75 Å². The van der Waals surface area contributed by atoms with Gasteiger partial charge in [0.1, 0.15) is 22.9 Å². The summed E-state index contributed by atoms with van der Waals surface area (Å²) >= 11 is 0. The Labute approximate surface area is 155 Å². The molecule has 2 amide bonds. The van der Waals surface area contributed by atoms with Crippen LogP contribution in [0.3, 0.4) is 0 Å². The molecule has 0 bridgehead atoms. The monoisotopic (exact) mass is 371 g/mol. The van der Waals surface area contributed by atoms with Crippen LogP contribution in [0, 0.1) is 0 Å². The van der Waals surface area contributed by atoms with Crippen molar-refractivity contribution in [3.8, 4) is 5.75 Å². The number of hydrazone groups is 1. The highest BCUT2D eigenvalue weighted by Gasteiger charge is 2.50. The van der Waals surface area contributed by atoms with Crippen LogP contribution in [0.1, 0.15) is 31.7 Å². The maximum atomic E-state index is 14.7. The van der Waals surface area contributed by atoms with Crippen molar-refractivity contribution in [1.29, 1.82) is 0 Å². The average molecular weight is 371 g/mol. The van der Waals surface area contributed by atoms with E-state index in [1.807, 2.05) is 24.3 Å². The summed E-state index contributed by atoms with van der Waals surface area (Å²) in [5.41, 5.74) is 6.47. The summed E-state index contributed by atoms with van der Waals surface area (Å²) in [6, 6.07) is 6.66. The second-order valence-corrected chi connectivity index (χ2v) is 6.91. The quantitative estimate of drug-likeness (QED) is 0.803. The third-order valence-corrected chi connectivity index (χ3v) is 5.30. The van der Waals surface area contributed by atoms with Crippen LogP contribution in [0.25, 0.3) is 0 Å². The molecular formula is C20H19F2N3O2. The van der Waals surface area contributed by atoms with Crippen LogP contribution in [0.4, 0.5) is 13.6 Å². The topological polar surface area (TPSA) is 67.9 Å². The number of urea groups is 1. The molecule has 4 rings (SSSR count). The summed E-state index contributed by atoms with van der Waals surface area (Å²) in [5.74, 6) is -0.350. The molecule has 0 radical (unpaired) electrons. The second kappa shape index (κ2) is 6.33. The van der Waals surface area contributed by atoms with Gasteiger partial charge in [-0.2, -0.15) is 5.10 Å². The Morgan fingerprint density at radius 1 is 1.33 bits per heavy atom. The van der Waals surface area contributed by atoms with Gasteiger partial charge in [-0.3, -0.25) is 0 Å². The molecule has 5 nitrogen and oxygen atoms in total. The lowest BCUT2D eigenvalue weighted by Crippen LogP contribution is -2.48. The summed E-state index contributed by atoms with van der Waals surface area (Å²) < 4.78 is 34.3. The highest BCUT2D eigenvalue weighted by atomic mass is 19.1. The zero-order chi connectivity index (χ0) is 19.2. The lowest BCUT2D eigenvalue weighted by molar-refractivity contribution is 0.0936. The molecule has 3 aliphatic rings. The van der Waals surface area contributed by atoms with Crippen LogP contribution >= 0.6 is 0 Å². The van der Waals surface area contributed by atoms with Gasteiger partial charge in [0.15, 0.2) is 0 Å². The Kier molecular flexibility index (Phi) is 4.09. The molecule has 27 heavy (non-hydrogen) atoms. The van der Waals surface area contributed by atoms with E-state index in [0.29, 0.717) is 30.9 Å². The molecule has 2 aliphatic heterocycles. The number of hydrogen-bond donors (Lipinski definition) is 1. The molecule has 1 spiro atoms. The van der Waals surface area contributed by atoms with Gasteiger partial charge >= 0.3 is 6.03 Å². The number of carbonyl (C=O) groups is 1. The summed E-state index contributed by atoms with van der Waals surface area (Å²) in [4.78, 5) is 12.2. The smallest absolute Gasteiger partial charge is 0.336 e. The SMILES string of the molecule is CC1=CC(F)=C(C2=NN(C(N)=O)C3(CCOc4ccccc43)C2)CC=C1F. The van der Waals surface area contributed by atoms with Gasteiger partial charge in [-0.25, -0.2) is 18.6 Å². The molecule has 1 aromatic rings. The molecule has 2 heterocycles. The number of rotatable bonds is 1. The number of nitrogens with two attached hydrogens (primary N) is 1. The van der Waals surface area contributed by atoms with Crippen LogP contribution in [-0.4, -0.2) is 23.4 Å². The first-order valence-corrected chi connectivity index (χ1v) is 8.75. The zero-order valence-corrected chi connectivity index (χ0v) is 14.8. The Bertz CT molecular complexity index is 948. The molecule has 1 aromatic carbocycles. The minimum absolute atomic E-state index is 0.0607. The van der Waals surface area contributed by atoms with E-state index < -0.39 is 23.2 Å². The fraction of sp³-hybridized carbons (Fsp3) is 0.300. The molecule has 1 atom stereocenters. The van der Waals surface area contributed by atoms with Crippen LogP contribution in [0.15, 0.2) is 64.3 Å². The summed E-state index contributed by atoms with van der Waals surface area (Å²) in [6.07, 6.45) is 3.32. The lowest BCUT2D eigenvalue weighted by atomic mass is 9.79. The van der Waals surface area contributed by atoms with Crippen molar-refractivity contribution in [2.24, 2.45) is 10.8 Å². The van der Waals surface area contributed by atoms with E-state index in [4.69, 9.17) is 10.5 Å². The third-order valence-electron chi connectivity index (χ3n) is 5.30. The van der Waals surface area contributed by atoms with Gasteiger partial charge in [0.2, 0.25) is 0 Å². The van der Waals surface area contributed by atoms with Crippen molar-refractivity contribution in [3.63, 3.8) is 0 Å². The highest BCUT2D eigenvalue weighted by molar-refractivity contribution is 6.04. The Morgan fingerprint density at radius 2 is 2.11 bits per heavy atom. The Morgan fingerprint density at radius 3 is 2.89 bits per heavy atom. The molecule has 2 N–H and O–H groups in total. The van der Waals surface area contributed by atoms with Crippen LogP contribution in [0.2, 0.25) is 0 Å². The largest absolute Gasteiger partial charge is 0.493 e. The van der Waals surface area contributed by atoms with E-state index in [1.165, 1.54) is 18.0 Å². The first-order chi connectivity index (χ1) is 12.9. The minimum atomic E-state index is -0.823. The predicted octanol–water partition coefficient (Wildman–Crippen LogP) is 4.23. The number of fused-ring (bicyclic) bond motifs is 2. The number of ether oxygens (including phenoxy) is 1. The molecule has 1 unspecified atom stereocenters. The van der Waals surface area contributed by atoms with E-state index in [9.17, 15) is 13.6 Å². The predicted molar refractivity (Wildman–Crippen MR) is 97.4 cm³/mol. The van der Waals surface area contributed by atoms with E-state index in [2.05, 4.69) is 5.10 Å². The molecular weight excluding hydrogens is 352 g/mol. The summed E-state index contributed by atoms with van der Waals surface area (Å²) in [7, 11) is 0. The fourth-order valence-corrected chi connectivity index (χ4v) is 3.93. The number of amides is 2. The van der Waals surface area contributed by atoms with Gasteiger partial charge in [-0.05, 0) is 37.1 Å². The van der Waals surface area contributed by atoms with E-state index in [-0.39, 0.29) is 17.6 Å². The average Bonchev–Trinajstić information content (AvgIpc) is 2.96. The summed E-state index contributed by atoms with van der Waals surface area (Å²) in [5, 5.41) is 5.60. The van der Waals surface area contributed by atoms with Gasteiger partial charge in [0.25, 0.3) is 0 Å². The number of benzene rings is 1. The van der Waals surface area contributed by atoms with Crippen molar-refractivity contribution < 1.29 is 18.3 Å². The molecule has 0 saturated heterocycles. The van der Waals surface area contributed by atoms with Crippen LogP contribution < -0.4 is 10.5 Å². The number of halogens is 2. The Balaban J connectivity index is 1.81. The first kappa shape index (κ1) is 17.5. The maximum Gasteiger partial charge on any atom is 0.336 e. The van der Waals surface area contributed by atoms with Gasteiger partial charge in [-0.15, -0.1) is 0 Å². The zero-order valence-electron chi connectivity index (χ0n) is 14.8. The molecule has 1 aliphatic carbocycles. The van der Waals surface area contributed by atoms with Gasteiger partial charge in [-0.1, -0.05) is 18.2 Å². The summed E-state index contributed by atoms with van der Waals surface area (Å²) in [6.45, 7) is 1.90. The maximum absolute atomic E-state index is 14.7. The number of allylic oxidation sites excluding steroid dienone is 6. The number of carbonyl (C=O) groups excluding carboxylic acids is 1. The van der Waals surface area contributed by atoms with E-state index in [0.717, 1.165) is 11.6 Å². The lowest BCUT2D eigenvalue weighted by Gasteiger charge is -2.39. The molecule has 140 valence electrons. The van der Waals surface area contributed by atoms with Crippen molar-refractivity contribution >= 4 is 11.7 Å². The van der Waals surface area contributed by atoms with E-state index >= 15 is 0 Å². The number of nitrogens with zero attached hydrogens (tertiary/aromatic N) is 2. The fourth-order valence-electron chi connectivity index (χ4n) is 3.93. The second-order valence-electron chi connectivity index (χ2n) is 6.91.